The van der Waals surface area contributed by atoms with Gasteiger partial charge in [0.05, 0.1) is 22.2 Å². The van der Waals surface area contributed by atoms with Gasteiger partial charge in [0, 0.05) is 17.0 Å². The zero-order valence-corrected chi connectivity index (χ0v) is 22.3. The van der Waals surface area contributed by atoms with Crippen molar-refractivity contribution in [1.29, 1.82) is 0 Å². The van der Waals surface area contributed by atoms with Crippen LogP contribution in [0.2, 0.25) is 5.02 Å². The van der Waals surface area contributed by atoms with Crippen LogP contribution >= 0.6 is 23.4 Å². The molecule has 6 nitrogen and oxygen atoms in total. The highest BCUT2D eigenvalue weighted by Gasteiger charge is 2.28. The molecule has 2 heterocycles. The van der Waals surface area contributed by atoms with Gasteiger partial charge in [-0.3, -0.25) is 4.55 Å². The summed E-state index contributed by atoms with van der Waals surface area (Å²) < 4.78 is 41.1. The van der Waals surface area contributed by atoms with E-state index >= 15 is 0 Å². The fraction of sp³-hybridized carbons (Fsp3) is 0.148. The van der Waals surface area contributed by atoms with E-state index in [-0.39, 0.29) is 0 Å². The van der Waals surface area contributed by atoms with E-state index < -0.39 is 16.0 Å². The molecule has 0 bridgehead atoms. The summed E-state index contributed by atoms with van der Waals surface area (Å²) >= 11 is 7.82. The van der Waals surface area contributed by atoms with Crippen LogP contribution in [0.4, 0.5) is 5.69 Å². The van der Waals surface area contributed by atoms with Crippen molar-refractivity contribution in [2.45, 2.75) is 24.1 Å². The second kappa shape index (κ2) is 10.5. The van der Waals surface area contributed by atoms with Crippen LogP contribution in [-0.2, 0) is 16.0 Å². The van der Waals surface area contributed by atoms with E-state index in [4.69, 9.17) is 16.0 Å². The number of thioether (sulfide) groups is 1. The molecule has 1 aromatic heterocycles. The molecule has 0 spiro atoms. The Balaban J connectivity index is 0.00000148. The van der Waals surface area contributed by atoms with Crippen LogP contribution in [0, 0.1) is 0 Å². The summed E-state index contributed by atoms with van der Waals surface area (Å²) in [6.07, 6.45) is 4.58. The lowest BCUT2D eigenvalue weighted by atomic mass is 10.1. The summed E-state index contributed by atoms with van der Waals surface area (Å²) in [5.41, 5.74) is 3.15. The Morgan fingerprint density at radius 1 is 1.19 bits per heavy atom. The Kier molecular flexibility index (Phi) is 7.61. The topological polar surface area (TPSA) is 74.6 Å². The zero-order chi connectivity index (χ0) is 26.0. The molecule has 9 heteroatoms. The predicted molar refractivity (Wildman–Crippen MR) is 149 cm³/mol. The maximum absolute atomic E-state index is 11.9. The quantitative estimate of drug-likeness (QED) is 0.166. The number of hydrogen-bond donors (Lipinski definition) is 1. The van der Waals surface area contributed by atoms with E-state index in [2.05, 4.69) is 24.1 Å². The molecular weight excluding hydrogens is 516 g/mol. The highest BCUT2D eigenvalue weighted by molar-refractivity contribution is 8.03. The first-order valence-electron chi connectivity index (χ1n) is 11.2. The van der Waals surface area contributed by atoms with Crippen molar-refractivity contribution in [3.05, 3.63) is 95.3 Å². The number of benzene rings is 3. The van der Waals surface area contributed by atoms with Crippen LogP contribution in [0.3, 0.4) is 0 Å². The first-order chi connectivity index (χ1) is 17.2. The molecular formula is C27H26ClN2O4S2+. The Hall–Kier alpha value is -3.04. The van der Waals surface area contributed by atoms with E-state index in [0.717, 1.165) is 32.0 Å². The maximum atomic E-state index is 11.9. The summed E-state index contributed by atoms with van der Waals surface area (Å²) in [6.45, 7) is 8.03. The first-order valence-corrected chi connectivity index (χ1v) is 14.0. The molecule has 0 aliphatic carbocycles. The normalized spacial score (nSPS) is 14.8. The number of anilines is 1. The number of aromatic nitrogens is 1. The third kappa shape index (κ3) is 5.22. The molecule has 0 fully saturated rings. The smallest absolute Gasteiger partial charge is 0.375 e. The van der Waals surface area contributed by atoms with Crippen LogP contribution < -0.4 is 9.47 Å². The molecule has 0 amide bonds. The lowest BCUT2D eigenvalue weighted by Crippen LogP contribution is -2.39. The van der Waals surface area contributed by atoms with Gasteiger partial charge in [0.1, 0.15) is 0 Å². The minimum absolute atomic E-state index is 0.351. The highest BCUT2D eigenvalue weighted by atomic mass is 35.5. The summed E-state index contributed by atoms with van der Waals surface area (Å²) in [4.78, 5) is 3.19. The molecule has 1 aliphatic heterocycles. The predicted octanol–water partition coefficient (Wildman–Crippen LogP) is 7.05. The minimum Gasteiger partial charge on any atom is -0.398 e. The highest BCUT2D eigenvalue weighted by Crippen LogP contribution is 2.46. The second-order valence-corrected chi connectivity index (χ2v) is 11.0. The zero-order valence-electron chi connectivity index (χ0n) is 19.9. The average Bonchev–Trinajstić information content (AvgIpc) is 3.35. The molecule has 0 unspecified atom stereocenters. The molecule has 36 heavy (non-hydrogen) atoms. The lowest BCUT2D eigenvalue weighted by Gasteiger charge is -2.14. The fourth-order valence-corrected chi connectivity index (χ4v) is 5.96. The molecule has 186 valence electrons. The second-order valence-electron chi connectivity index (χ2n) is 8.04. The van der Waals surface area contributed by atoms with Crippen molar-refractivity contribution in [2.24, 2.45) is 0 Å². The molecule has 0 radical (unpaired) electrons. The van der Waals surface area contributed by atoms with Gasteiger partial charge in [-0.15, -0.1) is 17.7 Å². The van der Waals surface area contributed by atoms with Gasteiger partial charge in [-0.2, -0.15) is 8.42 Å². The molecule has 0 saturated heterocycles. The standard InChI is InChI=1S/C25H21ClN2O4S2.C2H4/c1-3-16(13-24-27(2)20-14-18(26)9-11-22(20)33-24)12-23-28(15-34(29,30)31)25-19-7-5-4-6-17(19)8-10-21(25)32-23;1-2/h4-14H,3,15H2,1-2H3;1-2H2/p+1. The van der Waals surface area contributed by atoms with Gasteiger partial charge in [0.15, 0.2) is 0 Å². The van der Waals surface area contributed by atoms with Crippen molar-refractivity contribution in [3.63, 3.8) is 0 Å². The van der Waals surface area contributed by atoms with Crippen molar-refractivity contribution < 1.29 is 22.0 Å². The Labute approximate surface area is 219 Å². The molecule has 4 aromatic rings. The van der Waals surface area contributed by atoms with E-state index in [9.17, 15) is 13.0 Å². The molecule has 5 rings (SSSR count). The first kappa shape index (κ1) is 26.0. The molecule has 0 saturated carbocycles. The van der Waals surface area contributed by atoms with E-state index in [1.807, 2.05) is 74.6 Å². The van der Waals surface area contributed by atoms with Crippen molar-refractivity contribution in [3.8, 4) is 0 Å². The maximum Gasteiger partial charge on any atom is 0.375 e. The van der Waals surface area contributed by atoms with E-state index in [0.29, 0.717) is 28.4 Å². The average molecular weight is 542 g/mol. The van der Waals surface area contributed by atoms with Gasteiger partial charge in [-0.05, 0) is 53.8 Å². The van der Waals surface area contributed by atoms with Gasteiger partial charge in [0.2, 0.25) is 5.58 Å². The lowest BCUT2D eigenvalue weighted by molar-refractivity contribution is -0.658. The van der Waals surface area contributed by atoms with Crippen LogP contribution in [0.15, 0.2) is 93.7 Å². The van der Waals surface area contributed by atoms with Crippen LogP contribution in [0.5, 0.6) is 0 Å². The third-order valence-corrected chi connectivity index (χ3v) is 7.75. The van der Waals surface area contributed by atoms with E-state index in [1.54, 1.807) is 11.8 Å². The molecule has 1 aliphatic rings. The van der Waals surface area contributed by atoms with Crippen LogP contribution in [0.1, 0.15) is 19.2 Å². The fourth-order valence-electron chi connectivity index (χ4n) is 4.10. The van der Waals surface area contributed by atoms with Gasteiger partial charge in [-0.25, -0.2) is 0 Å². The van der Waals surface area contributed by atoms with Crippen LogP contribution in [0.25, 0.3) is 27.9 Å². The monoisotopic (exact) mass is 541 g/mol. The van der Waals surface area contributed by atoms with Crippen molar-refractivity contribution in [1.82, 2.24) is 0 Å². The number of nitrogens with zero attached hydrogens (tertiary/aromatic N) is 2. The molecule has 0 atom stereocenters. The van der Waals surface area contributed by atoms with E-state index in [1.165, 1.54) is 4.57 Å². The molecule has 3 aromatic carbocycles. The summed E-state index contributed by atoms with van der Waals surface area (Å²) in [6, 6.07) is 17.2. The summed E-state index contributed by atoms with van der Waals surface area (Å²) in [7, 11) is -2.32. The van der Waals surface area contributed by atoms with Crippen molar-refractivity contribution >= 4 is 67.1 Å². The minimum atomic E-state index is -4.31. The van der Waals surface area contributed by atoms with Gasteiger partial charge in [0.25, 0.3) is 11.4 Å². The summed E-state index contributed by atoms with van der Waals surface area (Å²) in [5.74, 6) is -0.254. The SMILES string of the molecule is C=C.CCC(/C=C1\Sc2ccc(Cl)cc2N1C)=C\c1oc2ccc3ccccc3c2[n+]1CS(=O)(=O)O. The Bertz CT molecular complexity index is 1620. The van der Waals surface area contributed by atoms with Crippen LogP contribution in [-0.4, -0.2) is 20.0 Å². The van der Waals surface area contributed by atoms with Gasteiger partial charge < -0.3 is 9.32 Å². The number of allylic oxidation sites excluding steroid dienone is 2. The Morgan fingerprint density at radius 2 is 1.94 bits per heavy atom. The largest absolute Gasteiger partial charge is 0.398 e. The molecule has 1 N–H and O–H groups in total. The Morgan fingerprint density at radius 3 is 2.67 bits per heavy atom. The van der Waals surface area contributed by atoms with Crippen molar-refractivity contribution in [2.75, 3.05) is 11.9 Å². The third-order valence-electron chi connectivity index (χ3n) is 5.76. The van der Waals surface area contributed by atoms with Gasteiger partial charge >= 0.3 is 16.0 Å². The number of hydrogen-bond acceptors (Lipinski definition) is 5. The summed E-state index contributed by atoms with van der Waals surface area (Å²) in [5, 5.41) is 3.50. The number of oxazole rings is 1. The number of rotatable bonds is 5. The number of fused-ring (bicyclic) bond motifs is 4. The number of halogens is 1. The van der Waals surface area contributed by atoms with Gasteiger partial charge in [-0.1, -0.05) is 54.6 Å².